The fourth-order valence-corrected chi connectivity index (χ4v) is 1.56. The number of carbonyl (C=O) groups is 1. The molecule has 18 heavy (non-hydrogen) atoms. The van der Waals surface area contributed by atoms with Crippen molar-refractivity contribution in [1.82, 2.24) is 5.32 Å². The van der Waals surface area contributed by atoms with Crippen LogP contribution in [-0.2, 0) is 10.2 Å². The van der Waals surface area contributed by atoms with Crippen LogP contribution in [0.2, 0.25) is 0 Å². The Morgan fingerprint density at radius 1 is 1.22 bits per heavy atom. The molecule has 0 aromatic heterocycles. The highest BCUT2D eigenvalue weighted by molar-refractivity contribution is 5.77. The second-order valence-electron chi connectivity index (χ2n) is 5.79. The van der Waals surface area contributed by atoms with Crippen molar-refractivity contribution in [2.75, 3.05) is 6.61 Å². The Morgan fingerprint density at radius 2 is 1.78 bits per heavy atom. The zero-order valence-electron chi connectivity index (χ0n) is 11.9. The third kappa shape index (κ3) is 4.78. The summed E-state index contributed by atoms with van der Waals surface area (Å²) < 4.78 is 5.42. The summed E-state index contributed by atoms with van der Waals surface area (Å²) in [5.41, 5.74) is 1.38. The van der Waals surface area contributed by atoms with E-state index in [1.807, 2.05) is 38.1 Å². The van der Waals surface area contributed by atoms with E-state index in [4.69, 9.17) is 4.74 Å². The Balaban J connectivity index is 2.52. The van der Waals surface area contributed by atoms with Gasteiger partial charge >= 0.3 is 0 Å². The Kier molecular flexibility index (Phi) is 4.76. The number of benzene rings is 1. The van der Waals surface area contributed by atoms with Crippen LogP contribution in [0, 0.1) is 0 Å². The molecule has 1 aromatic carbocycles. The lowest BCUT2D eigenvalue weighted by Gasteiger charge is -2.19. The molecule has 0 bridgehead atoms. The molecule has 100 valence electrons. The molecule has 0 saturated carbocycles. The van der Waals surface area contributed by atoms with Gasteiger partial charge < -0.3 is 10.1 Å². The summed E-state index contributed by atoms with van der Waals surface area (Å²) in [4.78, 5) is 11.4. The van der Waals surface area contributed by atoms with E-state index in [-0.39, 0.29) is 24.0 Å². The summed E-state index contributed by atoms with van der Waals surface area (Å²) in [6, 6.07) is 8.03. The van der Waals surface area contributed by atoms with Crippen LogP contribution in [0.15, 0.2) is 24.3 Å². The van der Waals surface area contributed by atoms with Gasteiger partial charge in [0.05, 0.1) is 0 Å². The summed E-state index contributed by atoms with van der Waals surface area (Å²) in [5.74, 6) is 0.631. The SMILES string of the molecule is CC(C)NC(=O)COc1ccc(C(C)(C)C)cc1. The van der Waals surface area contributed by atoms with Gasteiger partial charge in [-0.1, -0.05) is 32.9 Å². The second-order valence-corrected chi connectivity index (χ2v) is 5.79. The van der Waals surface area contributed by atoms with Gasteiger partial charge in [0.25, 0.3) is 5.91 Å². The van der Waals surface area contributed by atoms with Crippen molar-refractivity contribution in [1.29, 1.82) is 0 Å². The number of nitrogens with one attached hydrogen (secondary N) is 1. The quantitative estimate of drug-likeness (QED) is 0.891. The maximum absolute atomic E-state index is 11.4. The molecule has 0 aliphatic heterocycles. The first-order chi connectivity index (χ1) is 8.29. The van der Waals surface area contributed by atoms with Crippen LogP contribution in [0.3, 0.4) is 0 Å². The third-order valence-electron chi connectivity index (χ3n) is 2.54. The van der Waals surface area contributed by atoms with Crippen molar-refractivity contribution in [2.24, 2.45) is 0 Å². The predicted molar refractivity (Wildman–Crippen MR) is 73.9 cm³/mol. The van der Waals surface area contributed by atoms with Crippen molar-refractivity contribution < 1.29 is 9.53 Å². The molecule has 1 aromatic rings. The van der Waals surface area contributed by atoms with Crippen LogP contribution >= 0.6 is 0 Å². The minimum absolute atomic E-state index is 0.0625. The molecule has 0 aliphatic rings. The van der Waals surface area contributed by atoms with E-state index >= 15 is 0 Å². The second kappa shape index (κ2) is 5.89. The maximum atomic E-state index is 11.4. The smallest absolute Gasteiger partial charge is 0.258 e. The van der Waals surface area contributed by atoms with Gasteiger partial charge in [-0.05, 0) is 37.0 Å². The molecule has 3 heteroatoms. The van der Waals surface area contributed by atoms with Crippen LogP contribution in [-0.4, -0.2) is 18.6 Å². The standard InChI is InChI=1S/C15H23NO2/c1-11(2)16-14(17)10-18-13-8-6-12(7-9-13)15(3,4)5/h6-9,11H,10H2,1-5H3,(H,16,17). The van der Waals surface area contributed by atoms with Crippen LogP contribution in [0.5, 0.6) is 5.75 Å². The average Bonchev–Trinajstić information content (AvgIpc) is 2.25. The van der Waals surface area contributed by atoms with Gasteiger partial charge in [-0.25, -0.2) is 0 Å². The minimum Gasteiger partial charge on any atom is -0.484 e. The number of hydrogen-bond donors (Lipinski definition) is 1. The predicted octanol–water partition coefficient (Wildman–Crippen LogP) is 2.89. The fourth-order valence-electron chi connectivity index (χ4n) is 1.56. The molecule has 1 N–H and O–H groups in total. The lowest BCUT2D eigenvalue weighted by Crippen LogP contribution is -2.34. The summed E-state index contributed by atoms with van der Waals surface area (Å²) in [7, 11) is 0. The van der Waals surface area contributed by atoms with Crippen LogP contribution in [0.25, 0.3) is 0 Å². The highest BCUT2D eigenvalue weighted by Gasteiger charge is 2.13. The highest BCUT2D eigenvalue weighted by atomic mass is 16.5. The number of ether oxygens (including phenoxy) is 1. The van der Waals surface area contributed by atoms with E-state index < -0.39 is 0 Å². The topological polar surface area (TPSA) is 38.3 Å². The Hall–Kier alpha value is -1.51. The lowest BCUT2D eigenvalue weighted by molar-refractivity contribution is -0.123. The van der Waals surface area contributed by atoms with E-state index in [1.54, 1.807) is 0 Å². The van der Waals surface area contributed by atoms with Crippen molar-refractivity contribution in [2.45, 2.75) is 46.1 Å². The Morgan fingerprint density at radius 3 is 2.22 bits per heavy atom. The molecular weight excluding hydrogens is 226 g/mol. The maximum Gasteiger partial charge on any atom is 0.258 e. The molecular formula is C15H23NO2. The molecule has 0 radical (unpaired) electrons. The monoisotopic (exact) mass is 249 g/mol. The first-order valence-electron chi connectivity index (χ1n) is 6.32. The minimum atomic E-state index is -0.0927. The molecule has 1 amide bonds. The first kappa shape index (κ1) is 14.6. The lowest BCUT2D eigenvalue weighted by atomic mass is 9.87. The van der Waals surface area contributed by atoms with Crippen molar-refractivity contribution >= 4 is 5.91 Å². The van der Waals surface area contributed by atoms with Gasteiger partial charge in [0.1, 0.15) is 5.75 Å². The number of hydrogen-bond acceptors (Lipinski definition) is 2. The van der Waals surface area contributed by atoms with Gasteiger partial charge in [-0.3, -0.25) is 4.79 Å². The van der Waals surface area contributed by atoms with Crippen LogP contribution in [0.4, 0.5) is 0 Å². The van der Waals surface area contributed by atoms with E-state index in [0.29, 0.717) is 0 Å². The molecule has 0 aliphatic carbocycles. The summed E-state index contributed by atoms with van der Waals surface area (Å²) >= 11 is 0. The third-order valence-corrected chi connectivity index (χ3v) is 2.54. The van der Waals surface area contributed by atoms with E-state index in [0.717, 1.165) is 5.75 Å². The van der Waals surface area contributed by atoms with E-state index in [9.17, 15) is 4.79 Å². The van der Waals surface area contributed by atoms with Crippen molar-refractivity contribution in [3.05, 3.63) is 29.8 Å². The molecule has 0 saturated heterocycles. The molecule has 0 atom stereocenters. The van der Waals surface area contributed by atoms with Gasteiger partial charge in [0.15, 0.2) is 6.61 Å². The number of rotatable bonds is 4. The largest absolute Gasteiger partial charge is 0.484 e. The van der Waals surface area contributed by atoms with Gasteiger partial charge in [-0.15, -0.1) is 0 Å². The molecule has 3 nitrogen and oxygen atoms in total. The molecule has 0 spiro atoms. The zero-order valence-corrected chi connectivity index (χ0v) is 11.9. The summed E-state index contributed by atoms with van der Waals surface area (Å²) in [6.45, 7) is 10.4. The van der Waals surface area contributed by atoms with Gasteiger partial charge in [-0.2, -0.15) is 0 Å². The average molecular weight is 249 g/mol. The molecule has 0 unspecified atom stereocenters. The normalized spacial score (nSPS) is 11.4. The zero-order chi connectivity index (χ0) is 13.8. The molecule has 0 fully saturated rings. The van der Waals surface area contributed by atoms with Gasteiger partial charge in [0.2, 0.25) is 0 Å². The van der Waals surface area contributed by atoms with E-state index in [1.165, 1.54) is 5.56 Å². The van der Waals surface area contributed by atoms with Crippen LogP contribution in [0.1, 0.15) is 40.2 Å². The Bertz CT molecular complexity index is 388. The summed E-state index contributed by atoms with van der Waals surface area (Å²) in [5, 5.41) is 2.78. The van der Waals surface area contributed by atoms with E-state index in [2.05, 4.69) is 26.1 Å². The van der Waals surface area contributed by atoms with Crippen molar-refractivity contribution in [3.8, 4) is 5.75 Å². The first-order valence-corrected chi connectivity index (χ1v) is 6.32. The highest BCUT2D eigenvalue weighted by Crippen LogP contribution is 2.24. The van der Waals surface area contributed by atoms with Gasteiger partial charge in [0, 0.05) is 6.04 Å². The van der Waals surface area contributed by atoms with Crippen molar-refractivity contribution in [3.63, 3.8) is 0 Å². The fraction of sp³-hybridized carbons (Fsp3) is 0.533. The molecule has 0 heterocycles. The Labute approximate surface area is 110 Å². The number of amides is 1. The van der Waals surface area contributed by atoms with Crippen LogP contribution < -0.4 is 10.1 Å². The molecule has 1 rings (SSSR count). The summed E-state index contributed by atoms with van der Waals surface area (Å²) in [6.07, 6.45) is 0. The number of carbonyl (C=O) groups excluding carboxylic acids is 1.